The van der Waals surface area contributed by atoms with E-state index < -0.39 is 11.7 Å². The number of methoxy groups -OCH3 is 1. The monoisotopic (exact) mass is 287 g/mol. The van der Waals surface area contributed by atoms with Gasteiger partial charge in [-0.15, -0.1) is 0 Å². The highest BCUT2D eigenvalue weighted by Gasteiger charge is 2.31. The number of alkyl carbamates (subject to hydrolysis) is 1. The summed E-state index contributed by atoms with van der Waals surface area (Å²) in [6, 6.07) is 0. The standard InChI is InChI=1S/C14H25NO5/c1-14(2,3)20-13(17)15-9-10-5-7-19-8-6-11(10)12(16)18-4/h10-11H,5-9H2,1-4H3,(H,15,17). The Morgan fingerprint density at radius 3 is 2.50 bits per heavy atom. The number of rotatable bonds is 3. The van der Waals surface area contributed by atoms with Gasteiger partial charge in [-0.3, -0.25) is 4.79 Å². The molecule has 1 fully saturated rings. The number of ether oxygens (including phenoxy) is 3. The molecule has 1 rings (SSSR count). The van der Waals surface area contributed by atoms with Crippen molar-refractivity contribution in [3.8, 4) is 0 Å². The summed E-state index contributed by atoms with van der Waals surface area (Å²) in [6.45, 7) is 6.95. The Morgan fingerprint density at radius 2 is 1.90 bits per heavy atom. The summed E-state index contributed by atoms with van der Waals surface area (Å²) in [4.78, 5) is 23.4. The molecule has 0 aliphatic carbocycles. The molecule has 1 amide bonds. The van der Waals surface area contributed by atoms with Gasteiger partial charge in [-0.25, -0.2) is 4.79 Å². The van der Waals surface area contributed by atoms with Gasteiger partial charge in [0.1, 0.15) is 5.60 Å². The summed E-state index contributed by atoms with van der Waals surface area (Å²) in [7, 11) is 1.38. The summed E-state index contributed by atoms with van der Waals surface area (Å²) in [5, 5.41) is 2.72. The topological polar surface area (TPSA) is 73.9 Å². The van der Waals surface area contributed by atoms with Crippen LogP contribution in [-0.2, 0) is 19.0 Å². The molecule has 0 spiro atoms. The van der Waals surface area contributed by atoms with Crippen LogP contribution in [0.5, 0.6) is 0 Å². The Hall–Kier alpha value is -1.30. The van der Waals surface area contributed by atoms with E-state index in [0.717, 1.165) is 6.42 Å². The SMILES string of the molecule is COC(=O)C1CCOCCC1CNC(=O)OC(C)(C)C. The molecular weight excluding hydrogens is 262 g/mol. The zero-order valence-electron chi connectivity index (χ0n) is 12.7. The number of hydrogen-bond donors (Lipinski definition) is 1. The molecule has 2 unspecified atom stereocenters. The Labute approximate surface area is 120 Å². The molecule has 0 aromatic rings. The van der Waals surface area contributed by atoms with Gasteiger partial charge in [0.2, 0.25) is 0 Å². The van der Waals surface area contributed by atoms with Gasteiger partial charge in [0.25, 0.3) is 0 Å². The molecule has 1 aliphatic heterocycles. The molecule has 0 aromatic heterocycles. The van der Waals surface area contributed by atoms with Crippen molar-refractivity contribution in [1.82, 2.24) is 5.32 Å². The van der Waals surface area contributed by atoms with Crippen LogP contribution in [0.2, 0.25) is 0 Å². The van der Waals surface area contributed by atoms with Crippen molar-refractivity contribution < 1.29 is 23.8 Å². The van der Waals surface area contributed by atoms with Crippen LogP contribution in [-0.4, -0.2) is 44.5 Å². The van der Waals surface area contributed by atoms with Crippen molar-refractivity contribution in [3.63, 3.8) is 0 Å². The van der Waals surface area contributed by atoms with Crippen LogP contribution in [0.15, 0.2) is 0 Å². The van der Waals surface area contributed by atoms with E-state index >= 15 is 0 Å². The minimum absolute atomic E-state index is 0.0115. The maximum Gasteiger partial charge on any atom is 0.407 e. The number of carbonyl (C=O) groups is 2. The Bertz CT molecular complexity index is 337. The Balaban J connectivity index is 2.53. The molecule has 116 valence electrons. The smallest absolute Gasteiger partial charge is 0.407 e. The van der Waals surface area contributed by atoms with Gasteiger partial charge in [-0.05, 0) is 39.5 Å². The van der Waals surface area contributed by atoms with Crippen molar-refractivity contribution >= 4 is 12.1 Å². The average molecular weight is 287 g/mol. The molecule has 0 saturated carbocycles. The van der Waals surface area contributed by atoms with E-state index in [9.17, 15) is 9.59 Å². The van der Waals surface area contributed by atoms with Crippen LogP contribution in [0.1, 0.15) is 33.6 Å². The lowest BCUT2D eigenvalue weighted by Gasteiger charge is -2.24. The van der Waals surface area contributed by atoms with Gasteiger partial charge >= 0.3 is 12.1 Å². The summed E-state index contributed by atoms with van der Waals surface area (Å²) in [5.74, 6) is -0.471. The highest BCUT2D eigenvalue weighted by atomic mass is 16.6. The van der Waals surface area contributed by atoms with Crippen LogP contribution in [0.4, 0.5) is 4.79 Å². The number of hydrogen-bond acceptors (Lipinski definition) is 5. The number of esters is 1. The van der Waals surface area contributed by atoms with Crippen LogP contribution in [0.3, 0.4) is 0 Å². The molecule has 6 heteroatoms. The third-order valence-corrected chi connectivity index (χ3v) is 3.19. The zero-order valence-corrected chi connectivity index (χ0v) is 12.7. The minimum atomic E-state index is -0.529. The lowest BCUT2D eigenvalue weighted by molar-refractivity contribution is -0.147. The number of nitrogens with one attached hydrogen (secondary N) is 1. The number of amides is 1. The van der Waals surface area contributed by atoms with Gasteiger partial charge in [0.05, 0.1) is 13.0 Å². The second-order valence-electron chi connectivity index (χ2n) is 5.96. The molecule has 2 atom stereocenters. The maximum atomic E-state index is 11.8. The summed E-state index contributed by atoms with van der Waals surface area (Å²) < 4.78 is 15.4. The van der Waals surface area contributed by atoms with E-state index in [0.29, 0.717) is 26.2 Å². The lowest BCUT2D eigenvalue weighted by atomic mass is 9.88. The molecule has 20 heavy (non-hydrogen) atoms. The molecule has 1 N–H and O–H groups in total. The van der Waals surface area contributed by atoms with Crippen LogP contribution < -0.4 is 5.32 Å². The first kappa shape index (κ1) is 16.8. The van der Waals surface area contributed by atoms with Gasteiger partial charge in [-0.2, -0.15) is 0 Å². The quantitative estimate of drug-likeness (QED) is 0.800. The second kappa shape index (κ2) is 7.47. The van der Waals surface area contributed by atoms with E-state index in [1.54, 1.807) is 0 Å². The fraction of sp³-hybridized carbons (Fsp3) is 0.857. The van der Waals surface area contributed by atoms with Gasteiger partial charge in [-0.1, -0.05) is 0 Å². The second-order valence-corrected chi connectivity index (χ2v) is 5.96. The van der Waals surface area contributed by atoms with Crippen molar-refractivity contribution in [1.29, 1.82) is 0 Å². The highest BCUT2D eigenvalue weighted by Crippen LogP contribution is 2.24. The lowest BCUT2D eigenvalue weighted by Crippen LogP contribution is -2.38. The van der Waals surface area contributed by atoms with Crippen molar-refractivity contribution in [2.75, 3.05) is 26.9 Å². The Kier molecular flexibility index (Phi) is 6.26. The van der Waals surface area contributed by atoms with Crippen molar-refractivity contribution in [2.45, 2.75) is 39.2 Å². The third kappa shape index (κ3) is 5.77. The fourth-order valence-corrected chi connectivity index (χ4v) is 2.22. The molecule has 0 aromatic carbocycles. The highest BCUT2D eigenvalue weighted by molar-refractivity contribution is 5.73. The fourth-order valence-electron chi connectivity index (χ4n) is 2.22. The minimum Gasteiger partial charge on any atom is -0.469 e. The maximum absolute atomic E-state index is 11.8. The first-order chi connectivity index (χ1) is 9.33. The van der Waals surface area contributed by atoms with Gasteiger partial charge < -0.3 is 19.5 Å². The first-order valence-corrected chi connectivity index (χ1v) is 6.96. The predicted octanol–water partition coefficient (Wildman–Crippen LogP) is 1.73. The van der Waals surface area contributed by atoms with E-state index in [4.69, 9.17) is 14.2 Å². The van der Waals surface area contributed by atoms with Crippen LogP contribution in [0, 0.1) is 11.8 Å². The number of carbonyl (C=O) groups excluding carboxylic acids is 2. The predicted molar refractivity (Wildman–Crippen MR) is 73.3 cm³/mol. The van der Waals surface area contributed by atoms with E-state index in [1.165, 1.54) is 7.11 Å². The molecule has 1 heterocycles. The molecule has 1 saturated heterocycles. The van der Waals surface area contributed by atoms with E-state index in [-0.39, 0.29) is 17.8 Å². The summed E-state index contributed by atoms with van der Waals surface area (Å²) in [5.41, 5.74) is -0.529. The third-order valence-electron chi connectivity index (χ3n) is 3.19. The molecule has 0 bridgehead atoms. The Morgan fingerprint density at radius 1 is 1.25 bits per heavy atom. The zero-order chi connectivity index (χ0) is 15.2. The average Bonchev–Trinajstić information content (AvgIpc) is 2.58. The largest absolute Gasteiger partial charge is 0.469 e. The van der Waals surface area contributed by atoms with Crippen molar-refractivity contribution in [3.05, 3.63) is 0 Å². The molecular formula is C14H25NO5. The van der Waals surface area contributed by atoms with Gasteiger partial charge in [0.15, 0.2) is 0 Å². The van der Waals surface area contributed by atoms with Crippen molar-refractivity contribution in [2.24, 2.45) is 11.8 Å². The van der Waals surface area contributed by atoms with E-state index in [1.807, 2.05) is 20.8 Å². The molecule has 1 aliphatic rings. The van der Waals surface area contributed by atoms with Gasteiger partial charge in [0, 0.05) is 19.8 Å². The molecule has 6 nitrogen and oxygen atoms in total. The van der Waals surface area contributed by atoms with E-state index in [2.05, 4.69) is 5.32 Å². The first-order valence-electron chi connectivity index (χ1n) is 6.96. The van der Waals surface area contributed by atoms with Crippen LogP contribution in [0.25, 0.3) is 0 Å². The summed E-state index contributed by atoms with van der Waals surface area (Å²) in [6.07, 6.45) is 0.870. The van der Waals surface area contributed by atoms with Crippen LogP contribution >= 0.6 is 0 Å². The normalized spacial score (nSPS) is 23.6. The summed E-state index contributed by atoms with van der Waals surface area (Å²) >= 11 is 0. The molecule has 0 radical (unpaired) electrons.